The minimum Gasteiger partial charge on any atom is -0.355 e. The van der Waals surface area contributed by atoms with E-state index in [0.29, 0.717) is 23.0 Å². The standard InChI is InChI=1S/C12H13Cl2NO2/c1-8(16)4-12(17)15-3-2-9-5-10(13)7-11(14)6-9/h5-7H,2-4H2,1H3,(H,15,17). The lowest BCUT2D eigenvalue weighted by atomic mass is 10.1. The number of amides is 1. The molecule has 5 heteroatoms. The van der Waals surface area contributed by atoms with Crippen LogP contribution in [0.3, 0.4) is 0 Å². The summed E-state index contributed by atoms with van der Waals surface area (Å²) < 4.78 is 0. The molecule has 1 N–H and O–H groups in total. The highest BCUT2D eigenvalue weighted by atomic mass is 35.5. The number of rotatable bonds is 5. The largest absolute Gasteiger partial charge is 0.355 e. The van der Waals surface area contributed by atoms with Gasteiger partial charge in [0, 0.05) is 16.6 Å². The fourth-order valence-electron chi connectivity index (χ4n) is 1.39. The maximum atomic E-state index is 11.2. The fourth-order valence-corrected chi connectivity index (χ4v) is 1.96. The highest BCUT2D eigenvalue weighted by Crippen LogP contribution is 2.19. The molecule has 92 valence electrons. The van der Waals surface area contributed by atoms with Crippen molar-refractivity contribution < 1.29 is 9.59 Å². The lowest BCUT2D eigenvalue weighted by Crippen LogP contribution is -2.27. The minimum atomic E-state index is -0.259. The van der Waals surface area contributed by atoms with Crippen LogP contribution in [0.4, 0.5) is 0 Å². The Kier molecular flexibility index (Phi) is 5.45. The number of Topliss-reactive ketones (excluding diaryl/α,β-unsaturated/α-hetero) is 1. The van der Waals surface area contributed by atoms with Crippen LogP contribution < -0.4 is 5.32 Å². The van der Waals surface area contributed by atoms with Crippen molar-refractivity contribution in [2.24, 2.45) is 0 Å². The molecule has 3 nitrogen and oxygen atoms in total. The van der Waals surface area contributed by atoms with Crippen LogP contribution in [0.5, 0.6) is 0 Å². The van der Waals surface area contributed by atoms with E-state index in [1.165, 1.54) is 6.92 Å². The summed E-state index contributed by atoms with van der Waals surface area (Å²) in [5, 5.41) is 3.80. The van der Waals surface area contributed by atoms with Gasteiger partial charge in [0.05, 0.1) is 6.42 Å². The first-order chi connectivity index (χ1) is 7.97. The molecular formula is C12H13Cl2NO2. The van der Waals surface area contributed by atoms with Crippen molar-refractivity contribution in [3.8, 4) is 0 Å². The van der Waals surface area contributed by atoms with Crippen LogP contribution in [-0.4, -0.2) is 18.2 Å². The van der Waals surface area contributed by atoms with Crippen LogP contribution in [0.25, 0.3) is 0 Å². The van der Waals surface area contributed by atoms with Crippen molar-refractivity contribution in [3.05, 3.63) is 33.8 Å². The predicted molar refractivity (Wildman–Crippen MR) is 68.5 cm³/mol. The van der Waals surface area contributed by atoms with E-state index < -0.39 is 0 Å². The average Bonchev–Trinajstić information content (AvgIpc) is 2.14. The molecule has 1 aromatic carbocycles. The monoisotopic (exact) mass is 273 g/mol. The SMILES string of the molecule is CC(=O)CC(=O)NCCc1cc(Cl)cc(Cl)c1. The van der Waals surface area contributed by atoms with Crippen LogP contribution in [0, 0.1) is 0 Å². The van der Waals surface area contributed by atoms with Gasteiger partial charge in [0.25, 0.3) is 0 Å². The van der Waals surface area contributed by atoms with Gasteiger partial charge < -0.3 is 5.32 Å². The van der Waals surface area contributed by atoms with Gasteiger partial charge in [-0.2, -0.15) is 0 Å². The average molecular weight is 274 g/mol. The first kappa shape index (κ1) is 14.0. The molecule has 0 aliphatic heterocycles. The van der Waals surface area contributed by atoms with Crippen molar-refractivity contribution in [3.63, 3.8) is 0 Å². The van der Waals surface area contributed by atoms with E-state index in [-0.39, 0.29) is 18.1 Å². The highest BCUT2D eigenvalue weighted by Gasteiger charge is 2.04. The summed E-state index contributed by atoms with van der Waals surface area (Å²) >= 11 is 11.7. The van der Waals surface area contributed by atoms with E-state index >= 15 is 0 Å². The maximum Gasteiger partial charge on any atom is 0.227 e. The van der Waals surface area contributed by atoms with Gasteiger partial charge in [-0.1, -0.05) is 23.2 Å². The zero-order valence-electron chi connectivity index (χ0n) is 9.43. The number of halogens is 2. The Bertz CT molecular complexity index is 412. The van der Waals surface area contributed by atoms with Gasteiger partial charge in [-0.05, 0) is 37.1 Å². The van der Waals surface area contributed by atoms with Gasteiger partial charge in [0.15, 0.2) is 0 Å². The van der Waals surface area contributed by atoms with Gasteiger partial charge in [0.2, 0.25) is 5.91 Å². The van der Waals surface area contributed by atoms with Gasteiger partial charge >= 0.3 is 0 Å². The Morgan fingerprint density at radius 3 is 2.29 bits per heavy atom. The normalized spacial score (nSPS) is 10.1. The van der Waals surface area contributed by atoms with Crippen LogP contribution in [0.1, 0.15) is 18.9 Å². The van der Waals surface area contributed by atoms with Crippen LogP contribution in [0.2, 0.25) is 10.0 Å². The van der Waals surface area contributed by atoms with Crippen LogP contribution in [-0.2, 0) is 16.0 Å². The van der Waals surface area contributed by atoms with Crippen LogP contribution in [0.15, 0.2) is 18.2 Å². The Morgan fingerprint density at radius 2 is 1.76 bits per heavy atom. The zero-order valence-corrected chi connectivity index (χ0v) is 10.9. The van der Waals surface area contributed by atoms with Gasteiger partial charge in [-0.3, -0.25) is 9.59 Å². The smallest absolute Gasteiger partial charge is 0.227 e. The van der Waals surface area contributed by atoms with E-state index in [4.69, 9.17) is 23.2 Å². The topological polar surface area (TPSA) is 46.2 Å². The Balaban J connectivity index is 2.40. The number of hydrogen-bond acceptors (Lipinski definition) is 2. The van der Waals surface area contributed by atoms with E-state index in [9.17, 15) is 9.59 Å². The second kappa shape index (κ2) is 6.62. The summed E-state index contributed by atoms with van der Waals surface area (Å²) in [6.07, 6.45) is 0.556. The first-order valence-electron chi connectivity index (χ1n) is 5.18. The summed E-state index contributed by atoms with van der Waals surface area (Å²) in [6.45, 7) is 1.85. The molecule has 17 heavy (non-hydrogen) atoms. The molecule has 0 bridgehead atoms. The molecular weight excluding hydrogens is 261 g/mol. The Hall–Kier alpha value is -1.06. The third kappa shape index (κ3) is 5.71. The van der Waals surface area contributed by atoms with Crippen molar-refractivity contribution >= 4 is 34.9 Å². The van der Waals surface area contributed by atoms with E-state index in [1.807, 2.05) is 0 Å². The summed E-state index contributed by atoms with van der Waals surface area (Å²) in [7, 11) is 0. The summed E-state index contributed by atoms with van der Waals surface area (Å²) in [5.74, 6) is -0.404. The maximum absolute atomic E-state index is 11.2. The quantitative estimate of drug-likeness (QED) is 0.839. The number of carbonyl (C=O) groups is 2. The van der Waals surface area contributed by atoms with Crippen molar-refractivity contribution in [1.29, 1.82) is 0 Å². The molecule has 0 aromatic heterocycles. The molecule has 1 rings (SSSR count). The molecule has 0 saturated carbocycles. The third-order valence-electron chi connectivity index (χ3n) is 2.07. The molecule has 1 aromatic rings. The van der Waals surface area contributed by atoms with Gasteiger partial charge in [0.1, 0.15) is 5.78 Å². The number of nitrogens with one attached hydrogen (secondary N) is 1. The third-order valence-corrected chi connectivity index (χ3v) is 2.50. The molecule has 0 radical (unpaired) electrons. The van der Waals surface area contributed by atoms with E-state index in [1.54, 1.807) is 18.2 Å². The van der Waals surface area contributed by atoms with Crippen LogP contribution >= 0.6 is 23.2 Å². The zero-order chi connectivity index (χ0) is 12.8. The molecule has 0 fully saturated rings. The predicted octanol–water partition coefficient (Wildman–Crippen LogP) is 2.63. The van der Waals surface area contributed by atoms with Crippen molar-refractivity contribution in [2.75, 3.05) is 6.54 Å². The van der Waals surface area contributed by atoms with Crippen molar-refractivity contribution in [1.82, 2.24) is 5.32 Å². The summed E-state index contributed by atoms with van der Waals surface area (Å²) in [4.78, 5) is 21.9. The molecule has 0 aliphatic carbocycles. The van der Waals surface area contributed by atoms with E-state index in [0.717, 1.165) is 5.56 Å². The molecule has 0 saturated heterocycles. The van der Waals surface area contributed by atoms with Gasteiger partial charge in [-0.15, -0.1) is 0 Å². The first-order valence-corrected chi connectivity index (χ1v) is 5.94. The van der Waals surface area contributed by atoms with Gasteiger partial charge in [-0.25, -0.2) is 0 Å². The lowest BCUT2D eigenvalue weighted by molar-refractivity contribution is -0.127. The summed E-state index contributed by atoms with van der Waals surface area (Å²) in [6, 6.07) is 5.25. The molecule has 0 spiro atoms. The molecule has 0 unspecified atom stereocenters. The molecule has 0 heterocycles. The number of hydrogen-bond donors (Lipinski definition) is 1. The Morgan fingerprint density at radius 1 is 1.18 bits per heavy atom. The molecule has 1 amide bonds. The number of ketones is 1. The summed E-state index contributed by atoms with van der Waals surface area (Å²) in [5.41, 5.74) is 0.950. The van der Waals surface area contributed by atoms with E-state index in [2.05, 4.69) is 5.32 Å². The lowest BCUT2D eigenvalue weighted by Gasteiger charge is -2.05. The Labute approximate surface area is 110 Å². The second-order valence-electron chi connectivity index (χ2n) is 3.76. The fraction of sp³-hybridized carbons (Fsp3) is 0.333. The number of benzene rings is 1. The molecule has 0 aliphatic rings. The van der Waals surface area contributed by atoms with Crippen molar-refractivity contribution in [2.45, 2.75) is 19.8 Å². The minimum absolute atomic E-state index is 0.0731. The highest BCUT2D eigenvalue weighted by molar-refractivity contribution is 6.34. The number of carbonyl (C=O) groups excluding carboxylic acids is 2. The molecule has 0 atom stereocenters. The second-order valence-corrected chi connectivity index (χ2v) is 4.63.